The molecule has 114 valence electrons. The van der Waals surface area contributed by atoms with E-state index in [0.29, 0.717) is 0 Å². The average Bonchev–Trinajstić information content (AvgIpc) is 2.42. The summed E-state index contributed by atoms with van der Waals surface area (Å²) in [5.74, 6) is -3.32. The zero-order valence-corrected chi connectivity index (χ0v) is 10.7. The first-order valence-electron chi connectivity index (χ1n) is 6.00. The van der Waals surface area contributed by atoms with E-state index in [9.17, 15) is 26.7 Å². The Hall–Kier alpha value is -2.12. The van der Waals surface area contributed by atoms with Crippen molar-refractivity contribution in [2.75, 3.05) is 18.8 Å². The van der Waals surface area contributed by atoms with Gasteiger partial charge in [0.25, 0.3) is 5.91 Å². The summed E-state index contributed by atoms with van der Waals surface area (Å²) >= 11 is 0. The highest BCUT2D eigenvalue weighted by atomic mass is 19.4. The molecule has 1 aliphatic rings. The molecule has 1 aliphatic heterocycles. The molecule has 0 saturated heterocycles. The largest absolute Gasteiger partial charge is 0.412 e. The molecule has 0 aromatic heterocycles. The fourth-order valence-corrected chi connectivity index (χ4v) is 2.03. The molecule has 0 radical (unpaired) electrons. The normalized spacial score (nSPS) is 15.9. The third kappa shape index (κ3) is 2.98. The zero-order valence-electron chi connectivity index (χ0n) is 10.7. The van der Waals surface area contributed by atoms with Crippen LogP contribution in [0, 0.1) is 11.6 Å². The van der Waals surface area contributed by atoms with Gasteiger partial charge >= 0.3 is 6.18 Å². The minimum absolute atomic E-state index is 0.266. The summed E-state index contributed by atoms with van der Waals surface area (Å²) in [6.45, 7) is -0.626. The Morgan fingerprint density at radius 2 is 1.90 bits per heavy atom. The molecule has 0 saturated carbocycles. The van der Waals surface area contributed by atoms with Gasteiger partial charge < -0.3 is 10.6 Å². The summed E-state index contributed by atoms with van der Waals surface area (Å²) in [6.07, 6.45) is -4.03. The second kappa shape index (κ2) is 5.34. The van der Waals surface area contributed by atoms with Gasteiger partial charge in [-0.1, -0.05) is 6.08 Å². The number of rotatable bonds is 1. The highest BCUT2D eigenvalue weighted by Crippen LogP contribution is 2.31. The lowest BCUT2D eigenvalue weighted by Gasteiger charge is -2.27. The van der Waals surface area contributed by atoms with E-state index in [1.54, 1.807) is 0 Å². The highest BCUT2D eigenvalue weighted by Gasteiger charge is 2.36. The molecule has 1 aromatic rings. The van der Waals surface area contributed by atoms with Gasteiger partial charge in [-0.25, -0.2) is 8.78 Å². The molecular weight excluding hydrogens is 295 g/mol. The van der Waals surface area contributed by atoms with Crippen LogP contribution in [-0.4, -0.2) is 30.1 Å². The van der Waals surface area contributed by atoms with E-state index in [1.165, 1.54) is 0 Å². The number of nitrogen functional groups attached to an aromatic ring is 1. The fourth-order valence-electron chi connectivity index (χ4n) is 2.03. The van der Waals surface area contributed by atoms with E-state index < -0.39 is 47.0 Å². The Morgan fingerprint density at radius 3 is 2.43 bits per heavy atom. The second-order valence-corrected chi connectivity index (χ2v) is 4.55. The van der Waals surface area contributed by atoms with Crippen LogP contribution in [0.4, 0.5) is 27.6 Å². The number of amides is 1. The Balaban J connectivity index is 2.24. The van der Waals surface area contributed by atoms with Crippen molar-refractivity contribution in [1.82, 2.24) is 4.90 Å². The molecule has 1 aromatic carbocycles. The number of nitrogens with two attached hydrogens (primary N) is 1. The Morgan fingerprint density at radius 1 is 1.24 bits per heavy atom. The first kappa shape index (κ1) is 15.3. The number of anilines is 1. The number of hydrogen-bond donors (Lipinski definition) is 1. The monoisotopic (exact) mass is 306 g/mol. The lowest BCUT2D eigenvalue weighted by Crippen LogP contribution is -2.37. The number of carbonyl (C=O) groups is 1. The minimum atomic E-state index is -4.46. The van der Waals surface area contributed by atoms with Gasteiger partial charge in [-0.2, -0.15) is 13.2 Å². The third-order valence-electron chi connectivity index (χ3n) is 3.20. The van der Waals surface area contributed by atoms with E-state index in [2.05, 4.69) is 0 Å². The van der Waals surface area contributed by atoms with Gasteiger partial charge in [-0.05, 0) is 18.6 Å². The molecule has 8 heteroatoms. The predicted molar refractivity (Wildman–Crippen MR) is 65.4 cm³/mol. The number of benzene rings is 1. The first-order valence-corrected chi connectivity index (χ1v) is 6.00. The van der Waals surface area contributed by atoms with Crippen LogP contribution in [0.15, 0.2) is 23.8 Å². The van der Waals surface area contributed by atoms with Gasteiger partial charge in [0.15, 0.2) is 5.82 Å². The molecule has 0 aliphatic carbocycles. The maximum absolute atomic E-state index is 13.7. The van der Waals surface area contributed by atoms with Gasteiger partial charge in [0.1, 0.15) is 11.4 Å². The van der Waals surface area contributed by atoms with E-state index in [-0.39, 0.29) is 13.1 Å². The van der Waals surface area contributed by atoms with Crippen molar-refractivity contribution in [2.24, 2.45) is 0 Å². The van der Waals surface area contributed by atoms with Crippen molar-refractivity contribution < 1.29 is 26.7 Å². The van der Waals surface area contributed by atoms with E-state index in [1.807, 2.05) is 0 Å². The lowest BCUT2D eigenvalue weighted by molar-refractivity contribution is -0.0957. The van der Waals surface area contributed by atoms with Crippen LogP contribution in [0.1, 0.15) is 16.8 Å². The Kier molecular flexibility index (Phi) is 3.89. The number of hydrogen-bond acceptors (Lipinski definition) is 2. The summed E-state index contributed by atoms with van der Waals surface area (Å²) in [5.41, 5.74) is 3.26. The Labute approximate surface area is 116 Å². The Bertz CT molecular complexity index is 609. The van der Waals surface area contributed by atoms with E-state index in [0.717, 1.165) is 23.1 Å². The number of alkyl halides is 3. The van der Waals surface area contributed by atoms with Crippen molar-refractivity contribution in [3.63, 3.8) is 0 Å². The second-order valence-electron chi connectivity index (χ2n) is 4.55. The lowest BCUT2D eigenvalue weighted by atomic mass is 10.1. The average molecular weight is 306 g/mol. The van der Waals surface area contributed by atoms with Crippen LogP contribution in [-0.2, 0) is 0 Å². The highest BCUT2D eigenvalue weighted by molar-refractivity contribution is 5.96. The SMILES string of the molecule is Nc1ccc(F)c(C(=O)N2CC=C(C(F)(F)F)CC2)c1F. The molecule has 0 atom stereocenters. The quantitative estimate of drug-likeness (QED) is 0.493. The molecule has 0 fully saturated rings. The van der Waals surface area contributed by atoms with Crippen molar-refractivity contribution >= 4 is 11.6 Å². The van der Waals surface area contributed by atoms with Crippen LogP contribution in [0.3, 0.4) is 0 Å². The van der Waals surface area contributed by atoms with Gasteiger partial charge in [-0.15, -0.1) is 0 Å². The molecule has 3 nitrogen and oxygen atoms in total. The molecule has 1 amide bonds. The number of carbonyl (C=O) groups excluding carboxylic acids is 1. The molecule has 2 rings (SSSR count). The molecule has 0 bridgehead atoms. The van der Waals surface area contributed by atoms with E-state index >= 15 is 0 Å². The topological polar surface area (TPSA) is 46.3 Å². The van der Waals surface area contributed by atoms with Crippen LogP contribution >= 0.6 is 0 Å². The maximum Gasteiger partial charge on any atom is 0.412 e. The molecule has 0 unspecified atom stereocenters. The first-order chi connectivity index (χ1) is 9.71. The molecule has 2 N–H and O–H groups in total. The summed E-state index contributed by atoms with van der Waals surface area (Å²) in [5, 5.41) is 0. The molecule has 21 heavy (non-hydrogen) atoms. The molecule has 0 spiro atoms. The number of nitrogens with zero attached hydrogens (tertiary/aromatic N) is 1. The maximum atomic E-state index is 13.7. The summed E-state index contributed by atoms with van der Waals surface area (Å²) < 4.78 is 64.7. The third-order valence-corrected chi connectivity index (χ3v) is 3.20. The predicted octanol–water partition coefficient (Wildman–Crippen LogP) is 2.88. The van der Waals surface area contributed by atoms with Crippen LogP contribution < -0.4 is 5.73 Å². The van der Waals surface area contributed by atoms with Crippen molar-refractivity contribution in [3.05, 3.63) is 41.0 Å². The minimum Gasteiger partial charge on any atom is -0.396 e. The van der Waals surface area contributed by atoms with Crippen molar-refractivity contribution in [1.29, 1.82) is 0 Å². The van der Waals surface area contributed by atoms with Crippen LogP contribution in [0.2, 0.25) is 0 Å². The van der Waals surface area contributed by atoms with Gasteiger partial charge in [-0.3, -0.25) is 4.79 Å². The summed E-state index contributed by atoms with van der Waals surface area (Å²) in [7, 11) is 0. The van der Waals surface area contributed by atoms with Gasteiger partial charge in [0.05, 0.1) is 5.69 Å². The van der Waals surface area contributed by atoms with Crippen molar-refractivity contribution in [2.45, 2.75) is 12.6 Å². The fraction of sp³-hybridized carbons (Fsp3) is 0.308. The van der Waals surface area contributed by atoms with Crippen LogP contribution in [0.25, 0.3) is 0 Å². The van der Waals surface area contributed by atoms with Crippen molar-refractivity contribution in [3.8, 4) is 0 Å². The zero-order chi connectivity index (χ0) is 15.8. The summed E-state index contributed by atoms with van der Waals surface area (Å²) in [4.78, 5) is 13.0. The van der Waals surface area contributed by atoms with Crippen LogP contribution in [0.5, 0.6) is 0 Å². The van der Waals surface area contributed by atoms with Gasteiger partial charge in [0.2, 0.25) is 0 Å². The molecule has 1 heterocycles. The standard InChI is InChI=1S/C13H11F5N2O/c14-8-1-2-9(19)11(15)10(8)12(21)20-5-3-7(4-6-20)13(16,17)18/h1-3H,4-6,19H2. The molecular formula is C13H11F5N2O. The number of halogens is 5. The summed E-state index contributed by atoms with van der Waals surface area (Å²) in [6, 6.07) is 1.81. The smallest absolute Gasteiger partial charge is 0.396 e. The van der Waals surface area contributed by atoms with Gasteiger partial charge in [0, 0.05) is 18.7 Å². The van der Waals surface area contributed by atoms with E-state index in [4.69, 9.17) is 5.73 Å².